The number of aryl methyl sites for hydroxylation is 2. The van der Waals surface area contributed by atoms with E-state index in [0.29, 0.717) is 22.1 Å². The van der Waals surface area contributed by atoms with Crippen molar-refractivity contribution in [2.45, 2.75) is 18.7 Å². The summed E-state index contributed by atoms with van der Waals surface area (Å²) in [6.45, 7) is 3.66. The maximum absolute atomic E-state index is 11.5. The number of aromatic nitrogens is 2. The second-order valence-electron chi connectivity index (χ2n) is 5.09. The van der Waals surface area contributed by atoms with Crippen LogP contribution in [0.5, 0.6) is 0 Å². The zero-order valence-electron chi connectivity index (χ0n) is 12.5. The number of azo groups is 1. The number of H-pyrrole nitrogens is 1. The monoisotopic (exact) mass is 330 g/mol. The molecule has 0 aliphatic heterocycles. The SMILES string of the molecule is Cc1n[nH]c(C)c1N=Nc1ccc(S(=O)(=O)O)c2ccccc12. The molecule has 1 heterocycles. The zero-order valence-corrected chi connectivity index (χ0v) is 13.3. The third-order valence-electron chi connectivity index (χ3n) is 3.49. The number of benzene rings is 2. The molecule has 0 bridgehead atoms. The van der Waals surface area contributed by atoms with Crippen LogP contribution in [0.3, 0.4) is 0 Å². The molecule has 2 aromatic carbocycles. The number of rotatable bonds is 3. The van der Waals surface area contributed by atoms with E-state index in [1.165, 1.54) is 12.1 Å². The van der Waals surface area contributed by atoms with Gasteiger partial charge in [0, 0.05) is 10.8 Å². The first-order chi connectivity index (χ1) is 10.9. The van der Waals surface area contributed by atoms with E-state index in [4.69, 9.17) is 0 Å². The van der Waals surface area contributed by atoms with Crippen molar-refractivity contribution >= 4 is 32.3 Å². The molecule has 118 valence electrons. The van der Waals surface area contributed by atoms with Crippen molar-refractivity contribution < 1.29 is 13.0 Å². The van der Waals surface area contributed by atoms with Crippen LogP contribution in [0.4, 0.5) is 11.4 Å². The zero-order chi connectivity index (χ0) is 16.6. The Hall–Kier alpha value is -2.58. The second kappa shape index (κ2) is 5.56. The minimum absolute atomic E-state index is 0.150. The van der Waals surface area contributed by atoms with Gasteiger partial charge in [0.2, 0.25) is 0 Å². The third-order valence-corrected chi connectivity index (χ3v) is 4.40. The third kappa shape index (κ3) is 2.86. The highest BCUT2D eigenvalue weighted by atomic mass is 32.2. The molecule has 0 amide bonds. The molecule has 1 aromatic heterocycles. The van der Waals surface area contributed by atoms with Crippen molar-refractivity contribution in [2.24, 2.45) is 10.2 Å². The van der Waals surface area contributed by atoms with Crippen LogP contribution in [-0.4, -0.2) is 23.2 Å². The first-order valence-electron chi connectivity index (χ1n) is 6.80. The topological polar surface area (TPSA) is 108 Å². The van der Waals surface area contributed by atoms with Gasteiger partial charge in [-0.25, -0.2) is 0 Å². The summed E-state index contributed by atoms with van der Waals surface area (Å²) >= 11 is 0. The molecule has 0 fully saturated rings. The van der Waals surface area contributed by atoms with Crippen LogP contribution < -0.4 is 0 Å². The summed E-state index contributed by atoms with van der Waals surface area (Å²) in [5, 5.41) is 16.3. The quantitative estimate of drug-likeness (QED) is 0.561. The highest BCUT2D eigenvalue weighted by Gasteiger charge is 2.15. The van der Waals surface area contributed by atoms with Crippen LogP contribution in [0.15, 0.2) is 51.5 Å². The fraction of sp³-hybridized carbons (Fsp3) is 0.133. The lowest BCUT2D eigenvalue weighted by Gasteiger charge is -2.05. The predicted octanol–water partition coefficient (Wildman–Crippen LogP) is 3.84. The number of fused-ring (bicyclic) bond motifs is 1. The highest BCUT2D eigenvalue weighted by Crippen LogP contribution is 2.32. The minimum Gasteiger partial charge on any atom is -0.282 e. The number of hydrogen-bond donors (Lipinski definition) is 2. The number of nitrogens with zero attached hydrogens (tertiary/aromatic N) is 3. The van der Waals surface area contributed by atoms with Gasteiger partial charge in [-0.05, 0) is 26.0 Å². The maximum Gasteiger partial charge on any atom is 0.295 e. The molecule has 0 saturated carbocycles. The lowest BCUT2D eigenvalue weighted by molar-refractivity contribution is 0.484. The van der Waals surface area contributed by atoms with Crippen LogP contribution in [0.1, 0.15) is 11.4 Å². The Morgan fingerprint density at radius 3 is 2.35 bits per heavy atom. The maximum atomic E-state index is 11.5. The Labute approximate surface area is 132 Å². The van der Waals surface area contributed by atoms with Gasteiger partial charge < -0.3 is 0 Å². The predicted molar refractivity (Wildman–Crippen MR) is 86.0 cm³/mol. The lowest BCUT2D eigenvalue weighted by atomic mass is 10.1. The summed E-state index contributed by atoms with van der Waals surface area (Å²) in [7, 11) is -4.31. The van der Waals surface area contributed by atoms with Gasteiger partial charge in [0.1, 0.15) is 10.6 Å². The van der Waals surface area contributed by atoms with Gasteiger partial charge in [0.15, 0.2) is 0 Å². The summed E-state index contributed by atoms with van der Waals surface area (Å²) in [6.07, 6.45) is 0. The molecule has 7 nitrogen and oxygen atoms in total. The molecule has 2 N–H and O–H groups in total. The first-order valence-corrected chi connectivity index (χ1v) is 8.24. The van der Waals surface area contributed by atoms with Gasteiger partial charge in [-0.3, -0.25) is 9.65 Å². The molecule has 0 saturated heterocycles. The number of nitrogens with one attached hydrogen (secondary N) is 1. The summed E-state index contributed by atoms with van der Waals surface area (Å²) in [4.78, 5) is -0.150. The molecule has 0 atom stereocenters. The van der Waals surface area contributed by atoms with Gasteiger partial charge >= 0.3 is 0 Å². The summed E-state index contributed by atoms with van der Waals surface area (Å²) in [5.41, 5.74) is 2.68. The molecule has 0 aliphatic carbocycles. The average molecular weight is 330 g/mol. The van der Waals surface area contributed by atoms with Gasteiger partial charge in [-0.1, -0.05) is 24.3 Å². The van der Waals surface area contributed by atoms with E-state index < -0.39 is 10.1 Å². The normalized spacial score (nSPS) is 12.3. The molecule has 0 radical (unpaired) electrons. The molecule has 3 rings (SSSR count). The summed E-state index contributed by atoms with van der Waals surface area (Å²) < 4.78 is 32.3. The Morgan fingerprint density at radius 1 is 1.04 bits per heavy atom. The molecular weight excluding hydrogens is 316 g/mol. The van der Waals surface area contributed by atoms with Gasteiger partial charge in [-0.15, -0.1) is 10.2 Å². The first kappa shape index (κ1) is 15.3. The van der Waals surface area contributed by atoms with Gasteiger partial charge in [-0.2, -0.15) is 13.5 Å². The minimum atomic E-state index is -4.31. The second-order valence-corrected chi connectivity index (χ2v) is 6.48. The number of hydrogen-bond acceptors (Lipinski definition) is 5. The number of aromatic amines is 1. The standard InChI is InChI=1S/C15H14N4O3S/c1-9-15(10(2)17-16-9)19-18-13-7-8-14(23(20,21)22)12-6-4-3-5-11(12)13/h3-8H,1-2H3,(H,16,17)(H,20,21,22). The largest absolute Gasteiger partial charge is 0.295 e. The van der Waals surface area contributed by atoms with Gasteiger partial charge in [0.05, 0.1) is 17.1 Å². The van der Waals surface area contributed by atoms with E-state index >= 15 is 0 Å². The average Bonchev–Trinajstić information content (AvgIpc) is 2.82. The lowest BCUT2D eigenvalue weighted by Crippen LogP contribution is -1.98. The summed E-state index contributed by atoms with van der Waals surface area (Å²) in [5.74, 6) is 0. The van der Waals surface area contributed by atoms with Crippen molar-refractivity contribution in [3.63, 3.8) is 0 Å². The van der Waals surface area contributed by atoms with Crippen molar-refractivity contribution in [1.82, 2.24) is 10.2 Å². The van der Waals surface area contributed by atoms with Gasteiger partial charge in [0.25, 0.3) is 10.1 Å². The van der Waals surface area contributed by atoms with Crippen molar-refractivity contribution in [1.29, 1.82) is 0 Å². The molecule has 23 heavy (non-hydrogen) atoms. The van der Waals surface area contributed by atoms with Crippen molar-refractivity contribution in [2.75, 3.05) is 0 Å². The van der Waals surface area contributed by atoms with E-state index in [2.05, 4.69) is 20.4 Å². The fourth-order valence-corrected chi connectivity index (χ4v) is 3.06. The Balaban J connectivity index is 2.17. The van der Waals surface area contributed by atoms with E-state index in [-0.39, 0.29) is 4.90 Å². The van der Waals surface area contributed by atoms with Crippen LogP contribution in [0.25, 0.3) is 10.8 Å². The highest BCUT2D eigenvalue weighted by molar-refractivity contribution is 7.86. The molecule has 3 aromatic rings. The van der Waals surface area contributed by atoms with Crippen LogP contribution in [-0.2, 0) is 10.1 Å². The molecule has 0 unspecified atom stereocenters. The fourth-order valence-electron chi connectivity index (χ4n) is 2.36. The van der Waals surface area contributed by atoms with E-state index in [0.717, 1.165) is 11.4 Å². The Kier molecular flexibility index (Phi) is 3.70. The van der Waals surface area contributed by atoms with Crippen LogP contribution in [0.2, 0.25) is 0 Å². The molecular formula is C15H14N4O3S. The molecule has 0 spiro atoms. The molecule has 0 aliphatic rings. The van der Waals surface area contributed by atoms with Crippen molar-refractivity contribution in [3.8, 4) is 0 Å². The molecule has 8 heteroatoms. The smallest absolute Gasteiger partial charge is 0.282 e. The van der Waals surface area contributed by atoms with Crippen molar-refractivity contribution in [3.05, 3.63) is 47.8 Å². The Bertz CT molecular complexity index is 1000. The van der Waals surface area contributed by atoms with E-state index in [1.807, 2.05) is 13.8 Å². The van der Waals surface area contributed by atoms with Crippen LogP contribution in [0, 0.1) is 13.8 Å². The van der Waals surface area contributed by atoms with E-state index in [1.54, 1.807) is 24.3 Å². The summed E-state index contributed by atoms with van der Waals surface area (Å²) in [6, 6.07) is 9.64. The van der Waals surface area contributed by atoms with E-state index in [9.17, 15) is 13.0 Å². The Morgan fingerprint density at radius 2 is 1.74 bits per heavy atom. The van der Waals surface area contributed by atoms with Crippen LogP contribution >= 0.6 is 0 Å².